The number of carbonyl (C=O) groups is 1. The molecule has 136 valence electrons. The third-order valence-electron chi connectivity index (χ3n) is 4.50. The van der Waals surface area contributed by atoms with Crippen molar-refractivity contribution in [2.24, 2.45) is 16.0 Å². The largest absolute Gasteiger partial charge is 0.432 e. The number of rotatable bonds is 3. The molecule has 0 radical (unpaired) electrons. The average molecular weight is 380 g/mol. The molecule has 5 nitrogen and oxygen atoms in total. The lowest BCUT2D eigenvalue weighted by molar-refractivity contribution is -0.119. The van der Waals surface area contributed by atoms with E-state index in [2.05, 4.69) is 15.1 Å². The lowest BCUT2D eigenvalue weighted by Gasteiger charge is -2.10. The number of anilines is 1. The normalized spacial score (nSPS) is 22.1. The number of carbonyl (C=O) groups excluding carboxylic acids is 1. The smallest absolute Gasteiger partial charge is 0.293 e. The highest BCUT2D eigenvalue weighted by Gasteiger charge is 2.50. The minimum absolute atomic E-state index is 0.00576. The zero-order valence-electron chi connectivity index (χ0n) is 13.6. The molecular weight excluding hydrogens is 365 g/mol. The molecule has 1 saturated carbocycles. The van der Waals surface area contributed by atoms with Crippen LogP contribution in [-0.2, 0) is 4.79 Å². The molecule has 4 rings (SSSR count). The van der Waals surface area contributed by atoms with E-state index in [0.717, 1.165) is 52.9 Å². The Bertz CT molecular complexity index is 866. The van der Waals surface area contributed by atoms with Gasteiger partial charge in [0.15, 0.2) is 5.71 Å². The second-order valence-corrected chi connectivity index (χ2v) is 7.32. The molecule has 1 aromatic heterocycles. The summed E-state index contributed by atoms with van der Waals surface area (Å²) in [5, 5.41) is 4.46. The van der Waals surface area contributed by atoms with Crippen molar-refractivity contribution in [1.29, 1.82) is 0 Å². The highest BCUT2D eigenvalue weighted by molar-refractivity contribution is 7.22. The number of hydrogen-bond donors (Lipinski definition) is 0. The van der Waals surface area contributed by atoms with Gasteiger partial charge in [-0.25, -0.2) is 4.98 Å². The van der Waals surface area contributed by atoms with Crippen molar-refractivity contribution >= 4 is 44.5 Å². The molecule has 1 fully saturated rings. The number of benzene rings is 1. The van der Waals surface area contributed by atoms with Crippen LogP contribution in [0.5, 0.6) is 0 Å². The van der Waals surface area contributed by atoms with Gasteiger partial charge in [-0.05, 0) is 25.0 Å². The van der Waals surface area contributed by atoms with Crippen molar-refractivity contribution in [2.45, 2.75) is 37.9 Å². The summed E-state index contributed by atoms with van der Waals surface area (Å²) in [6.07, 6.45) is 0.137. The number of thiazole rings is 1. The van der Waals surface area contributed by atoms with E-state index in [0.29, 0.717) is 5.52 Å². The van der Waals surface area contributed by atoms with E-state index in [9.17, 15) is 18.0 Å². The van der Waals surface area contributed by atoms with Gasteiger partial charge in [-0.2, -0.15) is 23.3 Å². The Labute approximate surface area is 151 Å². The Morgan fingerprint density at radius 1 is 1.23 bits per heavy atom. The number of aromatic nitrogens is 1. The topological polar surface area (TPSA) is 57.9 Å². The highest BCUT2D eigenvalue weighted by Crippen LogP contribution is 2.35. The molecule has 1 aliphatic heterocycles. The molecule has 0 saturated heterocycles. The van der Waals surface area contributed by atoms with Gasteiger partial charge in [0.2, 0.25) is 5.13 Å². The van der Waals surface area contributed by atoms with Crippen LogP contribution in [0, 0.1) is 5.92 Å². The summed E-state index contributed by atoms with van der Waals surface area (Å²) < 4.78 is 40.9. The summed E-state index contributed by atoms with van der Waals surface area (Å²) in [5.41, 5.74) is -0.518. The second-order valence-electron chi connectivity index (χ2n) is 6.31. The van der Waals surface area contributed by atoms with Crippen LogP contribution in [0.15, 0.2) is 34.4 Å². The van der Waals surface area contributed by atoms with Gasteiger partial charge in [-0.1, -0.05) is 36.3 Å². The summed E-state index contributed by atoms with van der Waals surface area (Å²) >= 11 is 1.13. The minimum Gasteiger partial charge on any atom is -0.293 e. The molecule has 2 aliphatic rings. The molecule has 1 atom stereocenters. The van der Waals surface area contributed by atoms with Crippen LogP contribution >= 0.6 is 11.3 Å². The SMILES string of the molecule is O=C1[C@@H](C=NC2CCCC2)C(C(F)(F)F)=NN1c1nc2ccccc2s1. The quantitative estimate of drug-likeness (QED) is 0.750. The lowest BCUT2D eigenvalue weighted by Crippen LogP contribution is -2.34. The summed E-state index contributed by atoms with van der Waals surface area (Å²) in [6, 6.07) is 7.11. The second kappa shape index (κ2) is 6.46. The van der Waals surface area contributed by atoms with E-state index in [1.807, 2.05) is 0 Å². The molecule has 1 aliphatic carbocycles. The number of amides is 1. The van der Waals surface area contributed by atoms with Gasteiger partial charge in [0.05, 0.1) is 10.2 Å². The first-order valence-electron chi connectivity index (χ1n) is 8.32. The van der Waals surface area contributed by atoms with Crippen molar-refractivity contribution < 1.29 is 18.0 Å². The zero-order valence-corrected chi connectivity index (χ0v) is 14.4. The number of alkyl halides is 3. The fourth-order valence-corrected chi connectivity index (χ4v) is 4.11. The molecule has 1 amide bonds. The van der Waals surface area contributed by atoms with E-state index in [4.69, 9.17) is 0 Å². The maximum absolute atomic E-state index is 13.4. The van der Waals surface area contributed by atoms with Crippen LogP contribution in [0.4, 0.5) is 18.3 Å². The number of nitrogens with zero attached hydrogens (tertiary/aromatic N) is 4. The first-order chi connectivity index (χ1) is 12.4. The number of hydrazone groups is 1. The fourth-order valence-electron chi connectivity index (χ4n) is 3.18. The van der Waals surface area contributed by atoms with Crippen LogP contribution in [-0.4, -0.2) is 35.0 Å². The van der Waals surface area contributed by atoms with Crippen LogP contribution in [0.3, 0.4) is 0 Å². The molecular formula is C17H15F3N4OS. The Kier molecular flexibility index (Phi) is 4.26. The molecule has 0 unspecified atom stereocenters. The van der Waals surface area contributed by atoms with E-state index in [1.165, 1.54) is 0 Å². The monoisotopic (exact) mass is 380 g/mol. The summed E-state index contributed by atoms with van der Waals surface area (Å²) in [6.45, 7) is 0. The van der Waals surface area contributed by atoms with Gasteiger partial charge in [-0.3, -0.25) is 9.79 Å². The van der Waals surface area contributed by atoms with Crippen molar-refractivity contribution in [3.63, 3.8) is 0 Å². The van der Waals surface area contributed by atoms with Crippen molar-refractivity contribution in [3.8, 4) is 0 Å². The number of aliphatic imine (C=N–C) groups is 1. The van der Waals surface area contributed by atoms with Gasteiger partial charge in [0, 0.05) is 12.3 Å². The summed E-state index contributed by atoms with van der Waals surface area (Å²) in [4.78, 5) is 21.1. The summed E-state index contributed by atoms with van der Waals surface area (Å²) in [7, 11) is 0. The number of hydrogen-bond acceptors (Lipinski definition) is 5. The van der Waals surface area contributed by atoms with Crippen LogP contribution in [0.2, 0.25) is 0 Å². The Morgan fingerprint density at radius 2 is 1.96 bits per heavy atom. The van der Waals surface area contributed by atoms with Gasteiger partial charge in [0.25, 0.3) is 5.91 Å². The minimum atomic E-state index is -4.70. The van der Waals surface area contributed by atoms with Crippen LogP contribution < -0.4 is 5.01 Å². The molecule has 2 heterocycles. The van der Waals surface area contributed by atoms with E-state index in [-0.39, 0.29) is 11.2 Å². The Morgan fingerprint density at radius 3 is 2.65 bits per heavy atom. The summed E-state index contributed by atoms with van der Waals surface area (Å²) in [5.74, 6) is -2.28. The van der Waals surface area contributed by atoms with Crippen LogP contribution in [0.1, 0.15) is 25.7 Å². The number of para-hydroxylation sites is 1. The third kappa shape index (κ3) is 3.11. The maximum atomic E-state index is 13.4. The molecule has 0 N–H and O–H groups in total. The van der Waals surface area contributed by atoms with Crippen LogP contribution in [0.25, 0.3) is 10.2 Å². The number of fused-ring (bicyclic) bond motifs is 1. The van der Waals surface area contributed by atoms with Crippen molar-refractivity contribution in [3.05, 3.63) is 24.3 Å². The molecule has 1 aromatic carbocycles. The predicted molar refractivity (Wildman–Crippen MR) is 94.8 cm³/mol. The number of halogens is 3. The first-order valence-corrected chi connectivity index (χ1v) is 9.13. The van der Waals surface area contributed by atoms with Crippen molar-refractivity contribution in [1.82, 2.24) is 4.98 Å². The molecule has 0 spiro atoms. The molecule has 0 bridgehead atoms. The predicted octanol–water partition coefficient (Wildman–Crippen LogP) is 4.19. The first kappa shape index (κ1) is 17.1. The van der Waals surface area contributed by atoms with Gasteiger partial charge in [0.1, 0.15) is 5.92 Å². The van der Waals surface area contributed by atoms with Gasteiger partial charge < -0.3 is 0 Å². The molecule has 26 heavy (non-hydrogen) atoms. The third-order valence-corrected chi connectivity index (χ3v) is 5.51. The maximum Gasteiger partial charge on any atom is 0.432 e. The van der Waals surface area contributed by atoms with Crippen molar-refractivity contribution in [2.75, 3.05) is 5.01 Å². The lowest BCUT2D eigenvalue weighted by atomic mass is 10.0. The average Bonchev–Trinajstić information content (AvgIpc) is 3.30. The zero-order chi connectivity index (χ0) is 18.3. The van der Waals surface area contributed by atoms with E-state index in [1.54, 1.807) is 24.3 Å². The Hall–Kier alpha value is -2.29. The fraction of sp³-hybridized carbons (Fsp3) is 0.412. The highest BCUT2D eigenvalue weighted by atomic mass is 32.1. The van der Waals surface area contributed by atoms with Gasteiger partial charge >= 0.3 is 6.18 Å². The Balaban J connectivity index is 1.67. The van der Waals surface area contributed by atoms with Gasteiger partial charge in [-0.15, -0.1) is 0 Å². The molecule has 9 heteroatoms. The molecule has 2 aromatic rings. The standard InChI is InChI=1S/C17H15F3N4OS/c18-17(19,20)14-11(9-21-10-5-1-2-6-10)15(25)24(23-14)16-22-12-7-3-4-8-13(12)26-16/h3-4,7-11H,1-2,5-6H2/t11-/m0/s1. The van der Waals surface area contributed by atoms with E-state index >= 15 is 0 Å². The van der Waals surface area contributed by atoms with E-state index < -0.39 is 23.7 Å².